The van der Waals surface area contributed by atoms with Crippen LogP contribution in [0.1, 0.15) is 16.7 Å². The van der Waals surface area contributed by atoms with Crippen LogP contribution in [-0.2, 0) is 0 Å². The van der Waals surface area contributed by atoms with Gasteiger partial charge in [-0.3, -0.25) is 0 Å². The van der Waals surface area contributed by atoms with Crippen LogP contribution in [0.15, 0.2) is 36.4 Å². The summed E-state index contributed by atoms with van der Waals surface area (Å²) in [6.45, 7) is 2.05. The Labute approximate surface area is 125 Å². The molecule has 0 unspecified atom stereocenters. The second-order valence-electron chi connectivity index (χ2n) is 4.76. The molecule has 0 saturated carbocycles. The molecule has 3 nitrogen and oxygen atoms in total. The minimum absolute atomic E-state index is 0.774. The Morgan fingerprint density at radius 2 is 1.05 bits per heavy atom. The number of aryl methyl sites for hydroxylation is 1. The third-order valence-corrected chi connectivity index (χ3v) is 3.15. The lowest BCUT2D eigenvalue weighted by Gasteiger charge is -2.06. The van der Waals surface area contributed by atoms with E-state index >= 15 is 0 Å². The first-order valence-electron chi connectivity index (χ1n) is 6.71. The number of rotatable bonds is 5. The number of ether oxygens (including phenoxy) is 3. The molecule has 0 aliphatic carbocycles. The predicted molar refractivity (Wildman–Crippen MR) is 86.2 cm³/mol. The molecule has 0 saturated heterocycles. The van der Waals surface area contributed by atoms with Gasteiger partial charge in [0.2, 0.25) is 0 Å². The van der Waals surface area contributed by atoms with Gasteiger partial charge in [-0.25, -0.2) is 0 Å². The fourth-order valence-corrected chi connectivity index (χ4v) is 2.11. The summed E-state index contributed by atoms with van der Waals surface area (Å²) < 4.78 is 15.8. The first-order valence-corrected chi connectivity index (χ1v) is 6.71. The van der Waals surface area contributed by atoms with Crippen molar-refractivity contribution in [2.45, 2.75) is 6.92 Å². The third kappa shape index (κ3) is 4.02. The highest BCUT2D eigenvalue weighted by atomic mass is 16.5. The maximum Gasteiger partial charge on any atom is 0.123 e. The van der Waals surface area contributed by atoms with Gasteiger partial charge in [-0.15, -0.1) is 0 Å². The molecule has 0 aromatic heterocycles. The van der Waals surface area contributed by atoms with Gasteiger partial charge < -0.3 is 14.2 Å². The maximum absolute atomic E-state index is 5.29. The monoisotopic (exact) mass is 284 g/mol. The van der Waals surface area contributed by atoms with Gasteiger partial charge in [0.05, 0.1) is 21.3 Å². The average Bonchev–Trinajstić information content (AvgIpc) is 2.51. The molecule has 0 heterocycles. The molecule has 0 aliphatic rings. The van der Waals surface area contributed by atoms with Crippen molar-refractivity contribution in [1.29, 1.82) is 0 Å². The Balaban J connectivity index is 2.30. The molecule has 0 atom stereocenters. The Kier molecular flexibility index (Phi) is 4.88. The number of hydrogen-bond acceptors (Lipinski definition) is 3. The van der Waals surface area contributed by atoms with E-state index in [2.05, 4.69) is 13.0 Å². The highest BCUT2D eigenvalue weighted by Crippen LogP contribution is 2.24. The number of methoxy groups -OCH3 is 3. The number of hydrogen-bond donors (Lipinski definition) is 0. The second kappa shape index (κ2) is 6.84. The van der Waals surface area contributed by atoms with Gasteiger partial charge in [-0.1, -0.05) is 18.2 Å². The van der Waals surface area contributed by atoms with Crippen LogP contribution in [0.25, 0.3) is 12.2 Å². The van der Waals surface area contributed by atoms with Crippen LogP contribution in [0.5, 0.6) is 17.2 Å². The van der Waals surface area contributed by atoms with E-state index in [-0.39, 0.29) is 0 Å². The topological polar surface area (TPSA) is 27.7 Å². The smallest absolute Gasteiger partial charge is 0.123 e. The summed E-state index contributed by atoms with van der Waals surface area (Å²) in [6, 6.07) is 11.9. The Morgan fingerprint density at radius 3 is 1.52 bits per heavy atom. The first kappa shape index (κ1) is 15.0. The van der Waals surface area contributed by atoms with Gasteiger partial charge in [0.15, 0.2) is 0 Å². The lowest BCUT2D eigenvalue weighted by Crippen LogP contribution is -1.88. The van der Waals surface area contributed by atoms with Crippen molar-refractivity contribution in [3.63, 3.8) is 0 Å². The maximum atomic E-state index is 5.29. The molecule has 21 heavy (non-hydrogen) atoms. The minimum Gasteiger partial charge on any atom is -0.497 e. The normalized spacial score (nSPS) is 10.7. The molecule has 0 bridgehead atoms. The van der Waals surface area contributed by atoms with E-state index in [1.54, 1.807) is 21.3 Å². The molecule has 2 rings (SSSR count). The van der Waals surface area contributed by atoms with Crippen LogP contribution in [-0.4, -0.2) is 21.3 Å². The quantitative estimate of drug-likeness (QED) is 0.770. The highest BCUT2D eigenvalue weighted by molar-refractivity contribution is 5.72. The molecule has 0 N–H and O–H groups in total. The molecule has 3 heteroatoms. The van der Waals surface area contributed by atoms with E-state index in [1.807, 2.05) is 42.5 Å². The van der Waals surface area contributed by atoms with Crippen molar-refractivity contribution in [1.82, 2.24) is 0 Å². The lowest BCUT2D eigenvalue weighted by atomic mass is 10.1. The fraction of sp³-hybridized carbons (Fsp3) is 0.222. The Bertz CT molecular complexity index is 623. The van der Waals surface area contributed by atoms with E-state index < -0.39 is 0 Å². The molecule has 0 amide bonds. The van der Waals surface area contributed by atoms with E-state index in [0.29, 0.717) is 0 Å². The number of benzene rings is 2. The van der Waals surface area contributed by atoms with Crippen LogP contribution in [0.4, 0.5) is 0 Å². The minimum atomic E-state index is 0.774. The van der Waals surface area contributed by atoms with E-state index in [9.17, 15) is 0 Å². The third-order valence-electron chi connectivity index (χ3n) is 3.15. The van der Waals surface area contributed by atoms with Crippen LogP contribution >= 0.6 is 0 Å². The van der Waals surface area contributed by atoms with Gasteiger partial charge >= 0.3 is 0 Å². The standard InChI is InChI=1S/C18H20O3/c1-13-7-14(9-16(8-13)19-2)5-6-15-10-17(20-3)12-18(11-15)21-4/h5-12H,1-4H3/b6-5+. The first-order chi connectivity index (χ1) is 10.1. The van der Waals surface area contributed by atoms with Gasteiger partial charge in [0.1, 0.15) is 17.2 Å². The summed E-state index contributed by atoms with van der Waals surface area (Å²) in [7, 11) is 4.97. The summed E-state index contributed by atoms with van der Waals surface area (Å²) in [5.74, 6) is 2.41. The summed E-state index contributed by atoms with van der Waals surface area (Å²) in [5, 5.41) is 0. The zero-order valence-electron chi connectivity index (χ0n) is 12.8. The van der Waals surface area contributed by atoms with Crippen LogP contribution in [0, 0.1) is 6.92 Å². The SMILES string of the molecule is COc1cc(C)cc(/C=C/c2cc(OC)cc(OC)c2)c1. The Hall–Kier alpha value is -2.42. The Morgan fingerprint density at radius 1 is 0.619 bits per heavy atom. The average molecular weight is 284 g/mol. The summed E-state index contributed by atoms with van der Waals surface area (Å²) >= 11 is 0. The van der Waals surface area contributed by atoms with Crippen molar-refractivity contribution >= 4 is 12.2 Å². The van der Waals surface area contributed by atoms with Crippen molar-refractivity contribution in [3.05, 3.63) is 53.1 Å². The molecule has 0 fully saturated rings. The lowest BCUT2D eigenvalue weighted by molar-refractivity contribution is 0.394. The zero-order valence-corrected chi connectivity index (χ0v) is 12.8. The van der Waals surface area contributed by atoms with Crippen LogP contribution in [0.2, 0.25) is 0 Å². The summed E-state index contributed by atoms with van der Waals surface area (Å²) in [6.07, 6.45) is 4.07. The second-order valence-corrected chi connectivity index (χ2v) is 4.76. The molecule has 0 radical (unpaired) electrons. The van der Waals surface area contributed by atoms with E-state index in [1.165, 1.54) is 0 Å². The molecule has 0 spiro atoms. The molecular formula is C18H20O3. The van der Waals surface area contributed by atoms with Gasteiger partial charge in [0.25, 0.3) is 0 Å². The fourth-order valence-electron chi connectivity index (χ4n) is 2.11. The van der Waals surface area contributed by atoms with Gasteiger partial charge in [-0.05, 0) is 47.9 Å². The van der Waals surface area contributed by atoms with Crippen molar-refractivity contribution in [2.24, 2.45) is 0 Å². The van der Waals surface area contributed by atoms with Gasteiger partial charge in [-0.2, -0.15) is 0 Å². The van der Waals surface area contributed by atoms with Crippen LogP contribution < -0.4 is 14.2 Å². The largest absolute Gasteiger partial charge is 0.497 e. The van der Waals surface area contributed by atoms with E-state index in [0.717, 1.165) is 33.9 Å². The van der Waals surface area contributed by atoms with Crippen LogP contribution in [0.3, 0.4) is 0 Å². The van der Waals surface area contributed by atoms with E-state index in [4.69, 9.17) is 14.2 Å². The molecule has 0 aliphatic heterocycles. The van der Waals surface area contributed by atoms with Gasteiger partial charge in [0, 0.05) is 6.07 Å². The predicted octanol–water partition coefficient (Wildman–Crippen LogP) is 4.19. The molecule has 2 aromatic carbocycles. The highest BCUT2D eigenvalue weighted by Gasteiger charge is 2.00. The summed E-state index contributed by atoms with van der Waals surface area (Å²) in [5.41, 5.74) is 3.28. The zero-order chi connectivity index (χ0) is 15.2. The molecule has 2 aromatic rings. The molecular weight excluding hydrogens is 264 g/mol. The van der Waals surface area contributed by atoms with Crippen molar-refractivity contribution in [3.8, 4) is 17.2 Å². The molecule has 110 valence electrons. The summed E-state index contributed by atoms with van der Waals surface area (Å²) in [4.78, 5) is 0. The van der Waals surface area contributed by atoms with Crippen molar-refractivity contribution in [2.75, 3.05) is 21.3 Å². The van der Waals surface area contributed by atoms with Crippen molar-refractivity contribution < 1.29 is 14.2 Å².